The van der Waals surface area contributed by atoms with Crippen molar-refractivity contribution in [2.24, 2.45) is 0 Å². The van der Waals surface area contributed by atoms with Crippen molar-refractivity contribution >= 4 is 27.4 Å². The fourth-order valence-corrected chi connectivity index (χ4v) is 4.50. The van der Waals surface area contributed by atoms with Crippen LogP contribution in [-0.2, 0) is 10.0 Å². The van der Waals surface area contributed by atoms with E-state index >= 15 is 0 Å². The number of likely N-dealkylation sites (N-methyl/N-ethyl adjacent to an activating group) is 1. The fraction of sp³-hybridized carbons (Fsp3) is 0.381. The van der Waals surface area contributed by atoms with Crippen LogP contribution in [0.1, 0.15) is 24.2 Å². The van der Waals surface area contributed by atoms with E-state index in [1.807, 2.05) is 11.8 Å². The first-order valence-corrected chi connectivity index (χ1v) is 11.4. The molecule has 0 spiro atoms. The molecule has 0 aliphatic carbocycles. The summed E-state index contributed by atoms with van der Waals surface area (Å²) < 4.78 is 33.2. The van der Waals surface area contributed by atoms with E-state index in [9.17, 15) is 18.3 Å². The number of ether oxygens (including phenoxy) is 1. The van der Waals surface area contributed by atoms with Crippen molar-refractivity contribution < 1.29 is 23.1 Å². The van der Waals surface area contributed by atoms with Crippen LogP contribution in [0.4, 0.5) is 11.4 Å². The molecule has 9 heteroatoms. The summed E-state index contributed by atoms with van der Waals surface area (Å²) in [5, 5.41) is 9.69. The Morgan fingerprint density at radius 1 is 1.07 bits per heavy atom. The van der Waals surface area contributed by atoms with Gasteiger partial charge in [0.2, 0.25) is 0 Å². The highest BCUT2D eigenvalue weighted by atomic mass is 32.2. The number of piperazine rings is 1. The van der Waals surface area contributed by atoms with Crippen molar-refractivity contribution in [2.75, 3.05) is 49.0 Å². The summed E-state index contributed by atoms with van der Waals surface area (Å²) in [4.78, 5) is 16.2. The minimum absolute atomic E-state index is 0.0718. The number of hydrogen-bond donors (Lipinski definition) is 2. The molecule has 1 aliphatic heterocycles. The number of benzene rings is 2. The summed E-state index contributed by atoms with van der Waals surface area (Å²) in [5.74, 6) is -0.512. The van der Waals surface area contributed by atoms with Gasteiger partial charge in [0.25, 0.3) is 10.0 Å². The predicted molar refractivity (Wildman–Crippen MR) is 116 cm³/mol. The smallest absolute Gasteiger partial charge is 0.337 e. The van der Waals surface area contributed by atoms with E-state index in [4.69, 9.17) is 4.74 Å². The van der Waals surface area contributed by atoms with Gasteiger partial charge in [0.05, 0.1) is 22.8 Å². The first kappa shape index (κ1) is 21.9. The molecule has 162 valence electrons. The van der Waals surface area contributed by atoms with E-state index in [0.717, 1.165) is 32.7 Å². The van der Waals surface area contributed by atoms with Gasteiger partial charge in [0.15, 0.2) is 0 Å². The van der Waals surface area contributed by atoms with Gasteiger partial charge in [-0.05, 0) is 55.9 Å². The summed E-state index contributed by atoms with van der Waals surface area (Å²) in [6.45, 7) is 8.58. The van der Waals surface area contributed by atoms with Gasteiger partial charge < -0.3 is 19.6 Å². The van der Waals surface area contributed by atoms with Crippen LogP contribution in [0.5, 0.6) is 5.75 Å². The maximum absolute atomic E-state index is 12.7. The largest absolute Gasteiger partial charge is 0.494 e. The second-order valence-electron chi connectivity index (χ2n) is 6.97. The van der Waals surface area contributed by atoms with Crippen LogP contribution < -0.4 is 14.4 Å². The minimum atomic E-state index is -3.85. The lowest BCUT2D eigenvalue weighted by Gasteiger charge is -2.36. The highest BCUT2D eigenvalue weighted by Gasteiger charge is 2.22. The molecular formula is C21H27N3O5S. The average Bonchev–Trinajstić information content (AvgIpc) is 2.74. The van der Waals surface area contributed by atoms with E-state index in [-0.39, 0.29) is 16.1 Å². The molecule has 2 N–H and O–H groups in total. The molecular weight excluding hydrogens is 406 g/mol. The fourth-order valence-electron chi connectivity index (χ4n) is 3.45. The van der Waals surface area contributed by atoms with Crippen LogP contribution in [0.15, 0.2) is 47.4 Å². The van der Waals surface area contributed by atoms with E-state index in [0.29, 0.717) is 18.0 Å². The zero-order valence-electron chi connectivity index (χ0n) is 17.2. The number of hydrogen-bond acceptors (Lipinski definition) is 6. The van der Waals surface area contributed by atoms with Crippen molar-refractivity contribution in [3.63, 3.8) is 0 Å². The van der Waals surface area contributed by atoms with Gasteiger partial charge in [-0.1, -0.05) is 6.92 Å². The Kier molecular flexibility index (Phi) is 6.84. The first-order valence-electron chi connectivity index (χ1n) is 9.94. The molecule has 1 saturated heterocycles. The molecule has 30 heavy (non-hydrogen) atoms. The lowest BCUT2D eigenvalue weighted by atomic mass is 10.1. The molecule has 0 atom stereocenters. The van der Waals surface area contributed by atoms with Gasteiger partial charge in [-0.15, -0.1) is 0 Å². The first-order chi connectivity index (χ1) is 14.3. The number of carbonyl (C=O) groups is 1. The number of rotatable bonds is 8. The topological polar surface area (TPSA) is 99.2 Å². The standard InChI is InChI=1S/C21H27N3O5S/c1-3-23-11-13-24(14-12-23)20-10-5-16(15-19(20)21(25)26)22-30(27,28)18-8-6-17(7-9-18)29-4-2/h5-10,15,22H,3-4,11-14H2,1-2H3,(H,25,26). The predicted octanol–water partition coefficient (Wildman–Crippen LogP) is 2.73. The Morgan fingerprint density at radius 2 is 1.73 bits per heavy atom. The maximum atomic E-state index is 12.7. The molecule has 1 fully saturated rings. The molecule has 0 radical (unpaired) electrons. The van der Waals surface area contributed by atoms with E-state index in [2.05, 4.69) is 16.5 Å². The van der Waals surface area contributed by atoms with Crippen molar-refractivity contribution in [3.05, 3.63) is 48.0 Å². The molecule has 0 aromatic heterocycles. The molecule has 0 unspecified atom stereocenters. The Hall–Kier alpha value is -2.78. The zero-order chi connectivity index (χ0) is 21.7. The van der Waals surface area contributed by atoms with Crippen molar-refractivity contribution in [3.8, 4) is 5.75 Å². The van der Waals surface area contributed by atoms with E-state index < -0.39 is 16.0 Å². The highest BCUT2D eigenvalue weighted by molar-refractivity contribution is 7.92. The summed E-state index contributed by atoms with van der Waals surface area (Å²) in [7, 11) is -3.85. The van der Waals surface area contributed by atoms with Gasteiger partial charge >= 0.3 is 5.97 Å². The lowest BCUT2D eigenvalue weighted by molar-refractivity contribution is 0.0697. The number of aromatic carboxylic acids is 1. The zero-order valence-corrected chi connectivity index (χ0v) is 18.0. The summed E-state index contributed by atoms with van der Waals surface area (Å²) in [6, 6.07) is 10.7. The Morgan fingerprint density at radius 3 is 2.30 bits per heavy atom. The number of nitrogens with zero attached hydrogens (tertiary/aromatic N) is 2. The Balaban J connectivity index is 1.81. The van der Waals surface area contributed by atoms with Crippen LogP contribution in [0, 0.1) is 0 Å². The van der Waals surface area contributed by atoms with Gasteiger partial charge in [0.1, 0.15) is 5.75 Å². The molecule has 3 rings (SSSR count). The van der Waals surface area contributed by atoms with Crippen LogP contribution in [0.25, 0.3) is 0 Å². The lowest BCUT2D eigenvalue weighted by Crippen LogP contribution is -2.46. The number of nitrogens with one attached hydrogen (secondary N) is 1. The third-order valence-corrected chi connectivity index (χ3v) is 6.48. The van der Waals surface area contributed by atoms with Crippen LogP contribution in [-0.4, -0.2) is 63.7 Å². The number of carboxylic acids is 1. The second kappa shape index (κ2) is 9.36. The average molecular weight is 434 g/mol. The molecule has 1 aliphatic rings. The van der Waals surface area contributed by atoms with Crippen LogP contribution in [0.3, 0.4) is 0 Å². The number of carboxylic acid groups (broad SMARTS) is 1. The summed E-state index contributed by atoms with van der Waals surface area (Å²) in [6.07, 6.45) is 0. The second-order valence-corrected chi connectivity index (χ2v) is 8.65. The molecule has 0 bridgehead atoms. The Bertz CT molecular complexity index is 984. The Labute approximate surface area is 177 Å². The maximum Gasteiger partial charge on any atom is 0.337 e. The van der Waals surface area contributed by atoms with Crippen molar-refractivity contribution in [1.29, 1.82) is 0 Å². The quantitative estimate of drug-likeness (QED) is 0.660. The number of sulfonamides is 1. The van der Waals surface area contributed by atoms with Gasteiger partial charge in [-0.3, -0.25) is 4.72 Å². The SMILES string of the molecule is CCOc1ccc(S(=O)(=O)Nc2ccc(N3CCN(CC)CC3)c(C(=O)O)c2)cc1. The van der Waals surface area contributed by atoms with Gasteiger partial charge in [-0.2, -0.15) is 0 Å². The number of anilines is 2. The molecule has 2 aromatic carbocycles. The molecule has 0 amide bonds. The molecule has 8 nitrogen and oxygen atoms in total. The minimum Gasteiger partial charge on any atom is -0.494 e. The third-order valence-electron chi connectivity index (χ3n) is 5.08. The van der Waals surface area contributed by atoms with Crippen molar-refractivity contribution in [1.82, 2.24) is 4.90 Å². The van der Waals surface area contributed by atoms with Crippen LogP contribution >= 0.6 is 0 Å². The third kappa shape index (κ3) is 5.03. The summed E-state index contributed by atoms with van der Waals surface area (Å²) >= 11 is 0. The van der Waals surface area contributed by atoms with Gasteiger partial charge in [0, 0.05) is 31.9 Å². The monoisotopic (exact) mass is 433 g/mol. The van der Waals surface area contributed by atoms with E-state index in [1.165, 1.54) is 18.2 Å². The van der Waals surface area contributed by atoms with Crippen LogP contribution in [0.2, 0.25) is 0 Å². The van der Waals surface area contributed by atoms with E-state index in [1.54, 1.807) is 24.3 Å². The van der Waals surface area contributed by atoms with Gasteiger partial charge in [-0.25, -0.2) is 13.2 Å². The highest BCUT2D eigenvalue weighted by Crippen LogP contribution is 2.27. The molecule has 1 heterocycles. The molecule has 2 aromatic rings. The summed E-state index contributed by atoms with van der Waals surface area (Å²) in [5.41, 5.74) is 0.881. The normalized spacial score (nSPS) is 15.1. The molecule has 0 saturated carbocycles. The van der Waals surface area contributed by atoms with Crippen molar-refractivity contribution in [2.45, 2.75) is 18.7 Å².